The van der Waals surface area contributed by atoms with E-state index < -0.39 is 34.7 Å². The highest BCUT2D eigenvalue weighted by atomic mass is 19.4. The summed E-state index contributed by atoms with van der Waals surface area (Å²) in [5.41, 5.74) is -1.13. The third kappa shape index (κ3) is 3.46. The molecule has 0 aliphatic carbocycles. The molecule has 0 heterocycles. The van der Waals surface area contributed by atoms with Crippen LogP contribution < -0.4 is 5.43 Å². The Morgan fingerprint density at radius 2 is 1.90 bits per heavy atom. The normalized spacial score (nSPS) is 10.1. The molecule has 0 saturated heterocycles. The predicted octanol–water partition coefficient (Wildman–Crippen LogP) is 2.22. The van der Waals surface area contributed by atoms with Gasteiger partial charge in [-0.25, -0.2) is 4.79 Å². The largest absolute Gasteiger partial charge is 0.478 e. The third-order valence-corrected chi connectivity index (χ3v) is 2.07. The van der Waals surface area contributed by atoms with Gasteiger partial charge in [0.15, 0.2) is 0 Å². The van der Waals surface area contributed by atoms with Crippen molar-refractivity contribution in [3.8, 4) is 12.1 Å². The standard InChI is InChI=1S/C11H5F3N4O2/c12-11(13,14)8-3-6(10(19)20)1-2-9(8)18-17-7(4-15)5-16/h1-3,18H,(H,19,20). The van der Waals surface area contributed by atoms with E-state index in [1.807, 2.05) is 5.43 Å². The number of aromatic carboxylic acids is 1. The molecule has 0 spiro atoms. The molecule has 0 saturated carbocycles. The lowest BCUT2D eigenvalue weighted by Crippen LogP contribution is -2.11. The number of hydrazone groups is 1. The second kappa shape index (κ2) is 5.71. The summed E-state index contributed by atoms with van der Waals surface area (Å²) in [4.78, 5) is 10.6. The Morgan fingerprint density at radius 3 is 2.35 bits per heavy atom. The van der Waals surface area contributed by atoms with Gasteiger partial charge in [0.25, 0.3) is 0 Å². The van der Waals surface area contributed by atoms with Crippen molar-refractivity contribution in [1.29, 1.82) is 10.5 Å². The van der Waals surface area contributed by atoms with Crippen LogP contribution in [0.3, 0.4) is 0 Å². The molecular weight excluding hydrogens is 277 g/mol. The molecule has 0 unspecified atom stereocenters. The zero-order chi connectivity index (χ0) is 15.3. The lowest BCUT2D eigenvalue weighted by atomic mass is 10.1. The second-order valence-corrected chi connectivity index (χ2v) is 3.36. The van der Waals surface area contributed by atoms with Gasteiger partial charge in [0.1, 0.15) is 12.1 Å². The number of anilines is 1. The minimum atomic E-state index is -4.82. The lowest BCUT2D eigenvalue weighted by Gasteiger charge is -2.12. The predicted molar refractivity (Wildman–Crippen MR) is 60.7 cm³/mol. The van der Waals surface area contributed by atoms with Gasteiger partial charge in [-0.2, -0.15) is 28.8 Å². The monoisotopic (exact) mass is 282 g/mol. The second-order valence-electron chi connectivity index (χ2n) is 3.36. The van der Waals surface area contributed by atoms with Crippen molar-refractivity contribution in [2.24, 2.45) is 5.10 Å². The molecule has 102 valence electrons. The van der Waals surface area contributed by atoms with Gasteiger partial charge in [-0.15, -0.1) is 0 Å². The number of hydrogen-bond acceptors (Lipinski definition) is 5. The quantitative estimate of drug-likeness (QED) is 0.652. The summed E-state index contributed by atoms with van der Waals surface area (Å²) in [5.74, 6) is -1.51. The van der Waals surface area contributed by atoms with E-state index in [4.69, 9.17) is 15.6 Å². The molecule has 20 heavy (non-hydrogen) atoms. The molecule has 1 rings (SSSR count). The number of rotatable bonds is 3. The molecular formula is C11H5F3N4O2. The molecule has 1 aromatic carbocycles. The van der Waals surface area contributed by atoms with Gasteiger partial charge in [0, 0.05) is 0 Å². The minimum Gasteiger partial charge on any atom is -0.478 e. The number of hydrogen-bond donors (Lipinski definition) is 2. The maximum Gasteiger partial charge on any atom is 0.418 e. The summed E-state index contributed by atoms with van der Waals surface area (Å²) in [6, 6.07) is 4.94. The van der Waals surface area contributed by atoms with Crippen molar-refractivity contribution in [3.05, 3.63) is 29.3 Å². The number of carboxylic acids is 1. The number of carboxylic acid groups (broad SMARTS) is 1. The Kier molecular flexibility index (Phi) is 4.28. The first-order valence-electron chi connectivity index (χ1n) is 4.88. The van der Waals surface area contributed by atoms with Gasteiger partial charge >= 0.3 is 12.1 Å². The van der Waals surface area contributed by atoms with Crippen molar-refractivity contribution in [1.82, 2.24) is 0 Å². The van der Waals surface area contributed by atoms with Crippen molar-refractivity contribution < 1.29 is 23.1 Å². The van der Waals surface area contributed by atoms with Crippen LogP contribution in [0.15, 0.2) is 23.3 Å². The summed E-state index contributed by atoms with van der Waals surface area (Å²) in [6.07, 6.45) is -4.82. The van der Waals surface area contributed by atoms with Gasteiger partial charge in [-0.1, -0.05) is 0 Å². The van der Waals surface area contributed by atoms with Crippen LogP contribution in [0.25, 0.3) is 0 Å². The van der Waals surface area contributed by atoms with E-state index in [1.165, 1.54) is 12.1 Å². The van der Waals surface area contributed by atoms with Crippen molar-refractivity contribution in [3.63, 3.8) is 0 Å². The molecule has 0 aliphatic heterocycles. The van der Waals surface area contributed by atoms with Gasteiger partial charge in [0.05, 0.1) is 16.8 Å². The summed E-state index contributed by atoms with van der Waals surface area (Å²) in [5, 5.41) is 28.6. The van der Waals surface area contributed by atoms with Crippen molar-refractivity contribution in [2.45, 2.75) is 6.18 Å². The topological polar surface area (TPSA) is 109 Å². The summed E-state index contributed by atoms with van der Waals surface area (Å²) >= 11 is 0. The van der Waals surface area contributed by atoms with Crippen molar-refractivity contribution >= 4 is 17.4 Å². The average molecular weight is 282 g/mol. The Labute approximate surface area is 110 Å². The van der Waals surface area contributed by atoms with E-state index in [1.54, 1.807) is 0 Å². The van der Waals surface area contributed by atoms with Gasteiger partial charge < -0.3 is 5.11 Å². The van der Waals surface area contributed by atoms with Crippen molar-refractivity contribution in [2.75, 3.05) is 5.43 Å². The molecule has 9 heteroatoms. The smallest absolute Gasteiger partial charge is 0.418 e. The summed E-state index contributed by atoms with van der Waals surface area (Å²) < 4.78 is 38.3. The van der Waals surface area contributed by atoms with Crippen LogP contribution in [0, 0.1) is 22.7 Å². The maximum absolute atomic E-state index is 12.8. The van der Waals surface area contributed by atoms with Gasteiger partial charge in [-0.3, -0.25) is 5.43 Å². The molecule has 0 amide bonds. The fraction of sp³-hybridized carbons (Fsp3) is 0.0909. The van der Waals surface area contributed by atoms with Crippen LogP contribution >= 0.6 is 0 Å². The van der Waals surface area contributed by atoms with Crippen LogP contribution in [-0.4, -0.2) is 16.8 Å². The lowest BCUT2D eigenvalue weighted by molar-refractivity contribution is -0.137. The number of nitrogens with one attached hydrogen (secondary N) is 1. The fourth-order valence-electron chi connectivity index (χ4n) is 1.20. The number of nitrogens with zero attached hydrogens (tertiary/aromatic N) is 3. The van der Waals surface area contributed by atoms with E-state index >= 15 is 0 Å². The molecule has 0 aliphatic rings. The van der Waals surface area contributed by atoms with Crippen LogP contribution in [-0.2, 0) is 6.18 Å². The zero-order valence-electron chi connectivity index (χ0n) is 9.56. The van der Waals surface area contributed by atoms with E-state index in [0.29, 0.717) is 6.07 Å². The molecule has 0 fully saturated rings. The van der Waals surface area contributed by atoms with Crippen LogP contribution in [0.2, 0.25) is 0 Å². The molecule has 6 nitrogen and oxygen atoms in total. The van der Waals surface area contributed by atoms with Crippen LogP contribution in [0.1, 0.15) is 15.9 Å². The van der Waals surface area contributed by atoms with E-state index in [-0.39, 0.29) is 0 Å². The average Bonchev–Trinajstić information content (AvgIpc) is 2.38. The minimum absolute atomic E-state index is 0.429. The number of carbonyl (C=O) groups is 1. The highest BCUT2D eigenvalue weighted by Gasteiger charge is 2.34. The fourth-order valence-corrected chi connectivity index (χ4v) is 1.20. The van der Waals surface area contributed by atoms with Crippen LogP contribution in [0.5, 0.6) is 0 Å². The molecule has 0 atom stereocenters. The number of halogens is 3. The number of alkyl halides is 3. The molecule has 2 N–H and O–H groups in total. The third-order valence-electron chi connectivity index (χ3n) is 2.07. The highest BCUT2D eigenvalue weighted by molar-refractivity contribution is 6.10. The molecule has 0 aromatic heterocycles. The summed E-state index contributed by atoms with van der Waals surface area (Å²) in [7, 11) is 0. The first-order chi connectivity index (χ1) is 9.29. The number of benzene rings is 1. The molecule has 1 aromatic rings. The Morgan fingerprint density at radius 1 is 1.30 bits per heavy atom. The Bertz CT molecular complexity index is 637. The van der Waals surface area contributed by atoms with Crippen LogP contribution in [0.4, 0.5) is 18.9 Å². The maximum atomic E-state index is 12.8. The number of nitriles is 2. The molecule has 0 radical (unpaired) electrons. The Hall–Kier alpha value is -3.07. The Balaban J connectivity index is 3.28. The van der Waals surface area contributed by atoms with Gasteiger partial charge in [-0.05, 0) is 18.2 Å². The van der Waals surface area contributed by atoms with Gasteiger partial charge in [0.2, 0.25) is 5.71 Å². The first-order valence-corrected chi connectivity index (χ1v) is 4.88. The van der Waals surface area contributed by atoms with E-state index in [2.05, 4.69) is 5.10 Å². The van der Waals surface area contributed by atoms with E-state index in [0.717, 1.165) is 12.1 Å². The van der Waals surface area contributed by atoms with E-state index in [9.17, 15) is 18.0 Å². The first kappa shape index (κ1) is 15.0. The molecule has 0 bridgehead atoms. The SMILES string of the molecule is N#CC(C#N)=NNc1ccc(C(=O)O)cc1C(F)(F)F. The highest BCUT2D eigenvalue weighted by Crippen LogP contribution is 2.35. The zero-order valence-corrected chi connectivity index (χ0v) is 9.56. The summed E-state index contributed by atoms with van der Waals surface area (Å²) in [6.45, 7) is 0.